The Hall–Kier alpha value is -6.20. The number of aliphatic imine (C=N–C) groups is 2. The number of hydrogen-bond acceptors (Lipinski definition) is 5. The summed E-state index contributed by atoms with van der Waals surface area (Å²) < 4.78 is 12.8. The standard InChI is InChI=1S/C43H29N3O2/c1-2-12-27(13-3-1)41-44-42(32-17-9-20-35-38(32)31-15-6-7-19-34(31)47-35)46-43(45-41)33-18-10-22-37-40(33)39-30(16-8-21-36(39)48-37)29-24-23-26-11-4-5-14-28(26)25-29/h1-17,19-25,33,43H,18H2,(H,44,45,46). The van der Waals surface area contributed by atoms with Crippen molar-refractivity contribution in [1.82, 2.24) is 5.32 Å². The number of allylic oxidation sites excluding steroid dienone is 1. The lowest BCUT2D eigenvalue weighted by Gasteiger charge is -2.29. The Kier molecular flexibility index (Phi) is 6.00. The average Bonchev–Trinajstić information content (AvgIpc) is 3.73. The molecule has 3 heterocycles. The molecule has 5 heteroatoms. The van der Waals surface area contributed by atoms with E-state index in [1.807, 2.05) is 42.5 Å². The molecule has 2 unspecified atom stereocenters. The van der Waals surface area contributed by atoms with Crippen LogP contribution < -0.4 is 5.32 Å². The lowest BCUT2D eigenvalue weighted by molar-refractivity contribution is 0.525. The second kappa shape index (κ2) is 10.7. The van der Waals surface area contributed by atoms with Crippen molar-refractivity contribution in [3.8, 4) is 11.1 Å². The molecule has 2 aromatic heterocycles. The second-order valence-electron chi connectivity index (χ2n) is 12.5. The molecule has 48 heavy (non-hydrogen) atoms. The van der Waals surface area contributed by atoms with Crippen molar-refractivity contribution in [2.75, 3.05) is 0 Å². The number of furan rings is 2. The van der Waals surface area contributed by atoms with E-state index in [-0.39, 0.29) is 12.1 Å². The SMILES string of the molecule is C1=Cc2oc3cccc(-c4ccc5ccccc5c4)c3c2C(C2N=C(c3ccccc3)NC(c3cccc4oc5ccccc5c34)=N2)C1. The van der Waals surface area contributed by atoms with Crippen LogP contribution in [0.1, 0.15) is 34.8 Å². The van der Waals surface area contributed by atoms with Crippen molar-refractivity contribution in [3.05, 3.63) is 162 Å². The molecule has 1 aliphatic heterocycles. The van der Waals surface area contributed by atoms with E-state index in [9.17, 15) is 0 Å². The Morgan fingerprint density at radius 2 is 1.29 bits per heavy atom. The van der Waals surface area contributed by atoms with Crippen LogP contribution in [0.25, 0.3) is 60.9 Å². The van der Waals surface area contributed by atoms with E-state index in [2.05, 4.69) is 108 Å². The molecular formula is C43H29N3O2. The van der Waals surface area contributed by atoms with Crippen LogP contribution in [0, 0.1) is 0 Å². The molecule has 228 valence electrons. The molecule has 0 amide bonds. The Balaban J connectivity index is 1.17. The van der Waals surface area contributed by atoms with Crippen LogP contribution in [-0.4, -0.2) is 17.8 Å². The van der Waals surface area contributed by atoms with Gasteiger partial charge in [0.2, 0.25) is 0 Å². The van der Waals surface area contributed by atoms with Crippen LogP contribution in [0.4, 0.5) is 0 Å². The van der Waals surface area contributed by atoms with E-state index in [1.54, 1.807) is 0 Å². The maximum atomic E-state index is 6.57. The van der Waals surface area contributed by atoms with Crippen molar-refractivity contribution < 1.29 is 8.83 Å². The van der Waals surface area contributed by atoms with Crippen molar-refractivity contribution in [2.24, 2.45) is 9.98 Å². The highest BCUT2D eigenvalue weighted by molar-refractivity contribution is 6.23. The number of nitrogens with zero attached hydrogens (tertiary/aromatic N) is 2. The van der Waals surface area contributed by atoms with E-state index in [1.165, 1.54) is 10.8 Å². The zero-order chi connectivity index (χ0) is 31.6. The topological polar surface area (TPSA) is 63.0 Å². The maximum Gasteiger partial charge on any atom is 0.151 e. The van der Waals surface area contributed by atoms with Gasteiger partial charge in [-0.2, -0.15) is 0 Å². The first-order chi connectivity index (χ1) is 23.8. The molecule has 2 atom stereocenters. The first-order valence-corrected chi connectivity index (χ1v) is 16.4. The summed E-state index contributed by atoms with van der Waals surface area (Å²) in [5, 5.41) is 9.31. The first-order valence-electron chi connectivity index (χ1n) is 16.4. The minimum Gasteiger partial charge on any atom is -0.456 e. The summed E-state index contributed by atoms with van der Waals surface area (Å²) in [7, 11) is 0. The Morgan fingerprint density at radius 1 is 0.562 bits per heavy atom. The maximum absolute atomic E-state index is 6.57. The number of nitrogens with one attached hydrogen (secondary N) is 1. The van der Waals surface area contributed by atoms with Crippen LogP contribution in [0.5, 0.6) is 0 Å². The van der Waals surface area contributed by atoms with E-state index >= 15 is 0 Å². The summed E-state index contributed by atoms with van der Waals surface area (Å²) in [6.45, 7) is 0. The molecule has 0 bridgehead atoms. The predicted octanol–water partition coefficient (Wildman–Crippen LogP) is 10.5. The van der Waals surface area contributed by atoms with Gasteiger partial charge in [0.15, 0.2) is 6.17 Å². The average molecular weight is 620 g/mol. The van der Waals surface area contributed by atoms with Gasteiger partial charge in [-0.05, 0) is 58.7 Å². The number of rotatable bonds is 4. The molecule has 6 aromatic carbocycles. The number of fused-ring (bicyclic) bond motifs is 7. The summed E-state index contributed by atoms with van der Waals surface area (Å²) in [6, 6.07) is 46.2. The van der Waals surface area contributed by atoms with Crippen LogP contribution in [0.2, 0.25) is 0 Å². The van der Waals surface area contributed by atoms with Gasteiger partial charge in [-0.15, -0.1) is 0 Å². The summed E-state index contributed by atoms with van der Waals surface area (Å²) >= 11 is 0. The van der Waals surface area contributed by atoms with E-state index in [0.29, 0.717) is 0 Å². The van der Waals surface area contributed by atoms with Crippen molar-refractivity contribution in [3.63, 3.8) is 0 Å². The lowest BCUT2D eigenvalue weighted by Crippen LogP contribution is -2.39. The third kappa shape index (κ3) is 4.25. The summed E-state index contributed by atoms with van der Waals surface area (Å²) in [6.07, 6.45) is 4.71. The van der Waals surface area contributed by atoms with Crippen molar-refractivity contribution >= 4 is 61.4 Å². The molecular weight excluding hydrogens is 590 g/mol. The normalized spacial score (nSPS) is 17.4. The predicted molar refractivity (Wildman–Crippen MR) is 196 cm³/mol. The number of benzene rings is 6. The quantitative estimate of drug-likeness (QED) is 0.213. The third-order valence-corrected chi connectivity index (χ3v) is 9.70. The van der Waals surface area contributed by atoms with Crippen LogP contribution in [-0.2, 0) is 0 Å². The molecule has 0 fully saturated rings. The fourth-order valence-corrected chi connectivity index (χ4v) is 7.49. The summed E-state index contributed by atoms with van der Waals surface area (Å²) in [4.78, 5) is 10.7. The van der Waals surface area contributed by atoms with Gasteiger partial charge in [-0.1, -0.05) is 115 Å². The highest BCUT2D eigenvalue weighted by Crippen LogP contribution is 2.45. The Morgan fingerprint density at radius 3 is 2.19 bits per heavy atom. The fraction of sp³-hybridized carbons (Fsp3) is 0.0698. The Bertz CT molecular complexity index is 2640. The minimum atomic E-state index is -0.390. The van der Waals surface area contributed by atoms with E-state index in [4.69, 9.17) is 18.8 Å². The minimum absolute atomic E-state index is 0.0380. The molecule has 5 nitrogen and oxygen atoms in total. The summed E-state index contributed by atoms with van der Waals surface area (Å²) in [5.41, 5.74) is 8.06. The number of para-hydroxylation sites is 1. The number of amidine groups is 2. The van der Waals surface area contributed by atoms with Gasteiger partial charge in [0.1, 0.15) is 34.2 Å². The Labute approximate surface area is 276 Å². The largest absolute Gasteiger partial charge is 0.456 e. The monoisotopic (exact) mass is 619 g/mol. The van der Waals surface area contributed by atoms with Crippen LogP contribution >= 0.6 is 0 Å². The van der Waals surface area contributed by atoms with Crippen molar-refractivity contribution in [1.29, 1.82) is 0 Å². The molecule has 2 aliphatic rings. The van der Waals surface area contributed by atoms with Gasteiger partial charge in [0.25, 0.3) is 0 Å². The highest BCUT2D eigenvalue weighted by Gasteiger charge is 2.34. The van der Waals surface area contributed by atoms with Crippen LogP contribution in [0.15, 0.2) is 158 Å². The zero-order valence-electron chi connectivity index (χ0n) is 25.9. The molecule has 10 rings (SSSR count). The molecule has 0 radical (unpaired) electrons. The molecule has 1 N–H and O–H groups in total. The van der Waals surface area contributed by atoms with Gasteiger partial charge in [0, 0.05) is 38.8 Å². The zero-order valence-corrected chi connectivity index (χ0v) is 25.9. The van der Waals surface area contributed by atoms with Crippen LogP contribution in [0.3, 0.4) is 0 Å². The van der Waals surface area contributed by atoms with Gasteiger partial charge in [0.05, 0.1) is 0 Å². The van der Waals surface area contributed by atoms with Gasteiger partial charge < -0.3 is 14.2 Å². The van der Waals surface area contributed by atoms with Crippen molar-refractivity contribution in [2.45, 2.75) is 18.5 Å². The second-order valence-corrected chi connectivity index (χ2v) is 12.5. The first kappa shape index (κ1) is 27.0. The molecule has 1 aliphatic carbocycles. The molecule has 0 spiro atoms. The molecule has 0 saturated carbocycles. The van der Waals surface area contributed by atoms with E-state index in [0.717, 1.165) is 84.6 Å². The smallest absolute Gasteiger partial charge is 0.151 e. The van der Waals surface area contributed by atoms with E-state index < -0.39 is 0 Å². The van der Waals surface area contributed by atoms with Gasteiger partial charge >= 0.3 is 0 Å². The fourth-order valence-electron chi connectivity index (χ4n) is 7.49. The molecule has 0 saturated heterocycles. The molecule has 8 aromatic rings. The van der Waals surface area contributed by atoms with Gasteiger partial charge in [-0.25, -0.2) is 9.98 Å². The highest BCUT2D eigenvalue weighted by atomic mass is 16.3. The number of hydrogen-bond donors (Lipinski definition) is 1. The summed E-state index contributed by atoms with van der Waals surface area (Å²) in [5.74, 6) is 2.42. The lowest BCUT2D eigenvalue weighted by atomic mass is 9.84. The third-order valence-electron chi connectivity index (χ3n) is 9.70. The van der Waals surface area contributed by atoms with Gasteiger partial charge in [-0.3, -0.25) is 0 Å².